The Labute approximate surface area is 153 Å². The summed E-state index contributed by atoms with van der Waals surface area (Å²) in [6.45, 7) is 1.58. The normalized spacial score (nSPS) is 14.7. The number of allylic oxidation sites excluding steroid dienone is 2. The molecule has 3 rings (SSSR count). The topological polar surface area (TPSA) is 94.3 Å². The lowest BCUT2D eigenvalue weighted by molar-refractivity contribution is 0.0970. The van der Waals surface area contributed by atoms with Crippen LogP contribution in [0.25, 0.3) is 0 Å². The number of benzene rings is 2. The largest absolute Gasteiger partial charge is 0.289 e. The summed E-state index contributed by atoms with van der Waals surface area (Å²) in [7, 11) is -4.12. The number of carbonyl (C=O) groups excluding carboxylic acids is 2. The van der Waals surface area contributed by atoms with Crippen LogP contribution in [0, 0.1) is 0 Å². The van der Waals surface area contributed by atoms with E-state index in [2.05, 4.69) is 15.9 Å². The second-order valence-electron chi connectivity index (χ2n) is 5.79. The smallest absolute Gasteiger partial charge is 0.238 e. The highest BCUT2D eigenvalue weighted by Crippen LogP contribution is 2.32. The molecule has 0 heterocycles. The molecule has 1 aliphatic carbocycles. The molecule has 2 N–H and O–H groups in total. The predicted octanol–water partition coefficient (Wildman–Crippen LogP) is 3.03. The summed E-state index contributed by atoms with van der Waals surface area (Å²) >= 11 is 3.37. The molecule has 0 radical (unpaired) electrons. The number of primary sulfonamides is 1. The molecule has 0 amide bonds. The molecule has 0 fully saturated rings. The monoisotopic (exact) mass is 419 g/mol. The van der Waals surface area contributed by atoms with Gasteiger partial charge in [-0.1, -0.05) is 40.2 Å². The first-order valence-electron chi connectivity index (χ1n) is 7.39. The average molecular weight is 420 g/mol. The van der Waals surface area contributed by atoms with E-state index in [9.17, 15) is 18.0 Å². The molecule has 0 aliphatic heterocycles. The number of rotatable bonds is 3. The fourth-order valence-corrected chi connectivity index (χ4v) is 4.12. The van der Waals surface area contributed by atoms with Crippen molar-refractivity contribution in [3.63, 3.8) is 0 Å². The summed E-state index contributed by atoms with van der Waals surface area (Å²) in [6.07, 6.45) is 0.230. The molecule has 2 aromatic carbocycles. The van der Waals surface area contributed by atoms with Crippen LogP contribution in [-0.4, -0.2) is 20.0 Å². The number of fused-ring (bicyclic) bond motifs is 1. The van der Waals surface area contributed by atoms with Gasteiger partial charge < -0.3 is 0 Å². The zero-order valence-electron chi connectivity index (χ0n) is 13.2. The van der Waals surface area contributed by atoms with E-state index in [0.717, 1.165) is 10.0 Å². The number of nitrogens with two attached hydrogens (primary N) is 1. The molecular formula is C18H14BrNO4S. The van der Waals surface area contributed by atoms with Crippen LogP contribution in [0.3, 0.4) is 0 Å². The SMILES string of the molecule is CC1=C(Cc2cccc(Br)c2)C(=O)c2c(cccc2S(N)(=O)=O)C1=O. The molecule has 0 atom stereocenters. The Morgan fingerprint density at radius 1 is 1.04 bits per heavy atom. The highest BCUT2D eigenvalue weighted by Gasteiger charge is 2.34. The molecular weight excluding hydrogens is 406 g/mol. The van der Waals surface area contributed by atoms with E-state index in [4.69, 9.17) is 5.14 Å². The Kier molecular flexibility index (Phi) is 4.49. The number of halogens is 1. The second-order valence-corrected chi connectivity index (χ2v) is 8.24. The van der Waals surface area contributed by atoms with Gasteiger partial charge in [-0.3, -0.25) is 9.59 Å². The summed E-state index contributed by atoms with van der Waals surface area (Å²) in [6, 6.07) is 11.5. The second kappa shape index (κ2) is 6.33. The highest BCUT2D eigenvalue weighted by atomic mass is 79.9. The van der Waals surface area contributed by atoms with Crippen molar-refractivity contribution >= 4 is 37.5 Å². The van der Waals surface area contributed by atoms with Crippen LogP contribution in [0.4, 0.5) is 0 Å². The molecule has 0 saturated carbocycles. The van der Waals surface area contributed by atoms with Crippen LogP contribution in [0.5, 0.6) is 0 Å². The first kappa shape index (κ1) is 17.7. The third-order valence-corrected chi connectivity index (χ3v) is 5.59. The van der Waals surface area contributed by atoms with Gasteiger partial charge in [-0.2, -0.15) is 0 Å². The van der Waals surface area contributed by atoms with Crippen molar-refractivity contribution < 1.29 is 18.0 Å². The maximum atomic E-state index is 13.0. The summed E-state index contributed by atoms with van der Waals surface area (Å²) in [5.41, 5.74) is 1.38. The van der Waals surface area contributed by atoms with Gasteiger partial charge in [-0.25, -0.2) is 13.6 Å². The van der Waals surface area contributed by atoms with Gasteiger partial charge in [0.2, 0.25) is 10.0 Å². The number of hydrogen-bond donors (Lipinski definition) is 1. The Bertz CT molecular complexity index is 1050. The fraction of sp³-hybridized carbons (Fsp3) is 0.111. The lowest BCUT2D eigenvalue weighted by atomic mass is 9.82. The zero-order valence-corrected chi connectivity index (χ0v) is 15.6. The Hall–Kier alpha value is -2.09. The van der Waals surface area contributed by atoms with Crippen molar-refractivity contribution in [2.45, 2.75) is 18.2 Å². The van der Waals surface area contributed by atoms with Gasteiger partial charge in [0.1, 0.15) is 0 Å². The number of sulfonamides is 1. The molecule has 0 unspecified atom stereocenters. The lowest BCUT2D eigenvalue weighted by Crippen LogP contribution is -2.26. The quantitative estimate of drug-likeness (QED) is 0.826. The first-order valence-corrected chi connectivity index (χ1v) is 9.73. The van der Waals surface area contributed by atoms with Crippen molar-refractivity contribution in [1.29, 1.82) is 0 Å². The Balaban J connectivity index is 2.17. The van der Waals surface area contributed by atoms with Crippen molar-refractivity contribution in [2.24, 2.45) is 5.14 Å². The average Bonchev–Trinajstić information content (AvgIpc) is 2.55. The van der Waals surface area contributed by atoms with Crippen molar-refractivity contribution in [3.8, 4) is 0 Å². The highest BCUT2D eigenvalue weighted by molar-refractivity contribution is 9.10. The van der Waals surface area contributed by atoms with Crippen LogP contribution in [0.2, 0.25) is 0 Å². The van der Waals surface area contributed by atoms with Gasteiger partial charge in [0.15, 0.2) is 11.6 Å². The summed E-state index contributed by atoms with van der Waals surface area (Å²) in [4.78, 5) is 25.3. The number of hydrogen-bond acceptors (Lipinski definition) is 4. The Morgan fingerprint density at radius 3 is 2.36 bits per heavy atom. The molecule has 0 saturated heterocycles. The van der Waals surface area contributed by atoms with E-state index < -0.39 is 15.8 Å². The van der Waals surface area contributed by atoms with Crippen LogP contribution < -0.4 is 5.14 Å². The van der Waals surface area contributed by atoms with E-state index in [1.807, 2.05) is 24.3 Å². The van der Waals surface area contributed by atoms with E-state index in [0.29, 0.717) is 5.57 Å². The van der Waals surface area contributed by atoms with Gasteiger partial charge in [0, 0.05) is 27.6 Å². The van der Waals surface area contributed by atoms with Gasteiger partial charge in [-0.15, -0.1) is 0 Å². The van der Waals surface area contributed by atoms with Crippen molar-refractivity contribution in [3.05, 3.63) is 74.8 Å². The predicted molar refractivity (Wildman–Crippen MR) is 97.0 cm³/mol. The number of ketones is 2. The van der Waals surface area contributed by atoms with E-state index >= 15 is 0 Å². The minimum Gasteiger partial charge on any atom is -0.289 e. The third kappa shape index (κ3) is 3.22. The zero-order chi connectivity index (χ0) is 18.4. The molecule has 0 bridgehead atoms. The van der Waals surface area contributed by atoms with Crippen molar-refractivity contribution in [1.82, 2.24) is 0 Å². The maximum Gasteiger partial charge on any atom is 0.238 e. The molecule has 2 aromatic rings. The van der Waals surface area contributed by atoms with Crippen LogP contribution in [-0.2, 0) is 16.4 Å². The van der Waals surface area contributed by atoms with Crippen LogP contribution in [0.15, 0.2) is 63.0 Å². The molecule has 25 heavy (non-hydrogen) atoms. The fourth-order valence-electron chi connectivity index (χ4n) is 2.92. The number of carbonyl (C=O) groups is 2. The summed E-state index contributed by atoms with van der Waals surface area (Å²) < 4.78 is 24.5. The van der Waals surface area contributed by atoms with E-state index in [-0.39, 0.29) is 33.8 Å². The molecule has 0 aromatic heterocycles. The molecule has 128 valence electrons. The van der Waals surface area contributed by atoms with Gasteiger partial charge in [-0.05, 0) is 30.7 Å². The van der Waals surface area contributed by atoms with Gasteiger partial charge in [0.05, 0.1) is 10.5 Å². The van der Waals surface area contributed by atoms with Crippen LogP contribution >= 0.6 is 15.9 Å². The van der Waals surface area contributed by atoms with Crippen LogP contribution in [0.1, 0.15) is 33.2 Å². The number of Topliss-reactive ketones (excluding diaryl/α,β-unsaturated/α-hetero) is 2. The molecule has 7 heteroatoms. The lowest BCUT2D eigenvalue weighted by Gasteiger charge is -2.21. The van der Waals surface area contributed by atoms with E-state index in [1.54, 1.807) is 6.92 Å². The van der Waals surface area contributed by atoms with E-state index in [1.165, 1.54) is 18.2 Å². The summed E-state index contributed by atoms with van der Waals surface area (Å²) in [5.74, 6) is -0.832. The first-order chi connectivity index (χ1) is 11.7. The summed E-state index contributed by atoms with van der Waals surface area (Å²) in [5, 5.41) is 5.23. The molecule has 1 aliphatic rings. The van der Waals surface area contributed by atoms with Gasteiger partial charge in [0.25, 0.3) is 0 Å². The minimum atomic E-state index is -4.12. The molecule has 0 spiro atoms. The Morgan fingerprint density at radius 2 is 1.72 bits per heavy atom. The van der Waals surface area contributed by atoms with Crippen molar-refractivity contribution in [2.75, 3.05) is 0 Å². The molecule has 5 nitrogen and oxygen atoms in total. The minimum absolute atomic E-state index is 0.0759. The van der Waals surface area contributed by atoms with Gasteiger partial charge >= 0.3 is 0 Å². The third-order valence-electron chi connectivity index (χ3n) is 4.14. The maximum absolute atomic E-state index is 13.0. The standard InChI is InChI=1S/C18H14BrNO4S/c1-10-14(9-11-4-2-5-12(19)8-11)18(22)16-13(17(10)21)6-3-7-15(16)25(20,23)24/h2-8H,9H2,1H3,(H2,20,23,24).